The van der Waals surface area contributed by atoms with Crippen molar-refractivity contribution in [3.8, 4) is 11.1 Å². The summed E-state index contributed by atoms with van der Waals surface area (Å²) in [6.45, 7) is 1.89. The molecule has 2 aliphatic rings. The van der Waals surface area contributed by atoms with Crippen LogP contribution < -0.4 is 16.0 Å². The van der Waals surface area contributed by atoms with Gasteiger partial charge in [0.15, 0.2) is 0 Å². The molecule has 45 heavy (non-hydrogen) atoms. The maximum atomic E-state index is 13.2. The van der Waals surface area contributed by atoms with Gasteiger partial charge in [-0.2, -0.15) is 0 Å². The lowest BCUT2D eigenvalue weighted by atomic mass is 10.0. The molecule has 5 aromatic rings. The second-order valence-corrected chi connectivity index (χ2v) is 11.0. The van der Waals surface area contributed by atoms with Crippen LogP contribution in [0.25, 0.3) is 32.9 Å². The summed E-state index contributed by atoms with van der Waals surface area (Å²) in [4.78, 5) is 58.7. The number of pyridine rings is 1. The summed E-state index contributed by atoms with van der Waals surface area (Å²) in [6, 6.07) is 20.6. The minimum Gasteiger partial charge on any atom is -0.383 e. The number of ether oxygens (including phenoxy) is 1. The molecule has 4 amide bonds. The minimum atomic E-state index is -0.997. The van der Waals surface area contributed by atoms with E-state index in [1.54, 1.807) is 24.4 Å². The number of carbonyl (C=O) groups excluding carboxylic acids is 4. The van der Waals surface area contributed by atoms with Crippen molar-refractivity contribution >= 4 is 56.8 Å². The number of fused-ring (bicyclic) bond motifs is 4. The van der Waals surface area contributed by atoms with Crippen molar-refractivity contribution in [1.82, 2.24) is 20.2 Å². The quantitative estimate of drug-likeness (QED) is 0.137. The first-order chi connectivity index (χ1) is 22.0. The Morgan fingerprint density at radius 2 is 1.64 bits per heavy atom. The van der Waals surface area contributed by atoms with Crippen LogP contribution in [0.4, 0.5) is 11.4 Å². The lowest BCUT2D eigenvalue weighted by Crippen LogP contribution is -2.54. The van der Waals surface area contributed by atoms with Gasteiger partial charge in [-0.25, -0.2) is 0 Å². The summed E-state index contributed by atoms with van der Waals surface area (Å²) in [5.41, 5.74) is 6.36. The highest BCUT2D eigenvalue weighted by atomic mass is 16.5. The van der Waals surface area contributed by atoms with E-state index in [9.17, 15) is 19.2 Å². The van der Waals surface area contributed by atoms with Crippen LogP contribution in [0, 0.1) is 0 Å². The second-order valence-electron chi connectivity index (χ2n) is 11.0. The zero-order valence-corrected chi connectivity index (χ0v) is 24.3. The van der Waals surface area contributed by atoms with Gasteiger partial charge in [-0.15, -0.1) is 0 Å². The molecule has 0 bridgehead atoms. The van der Waals surface area contributed by atoms with Gasteiger partial charge >= 0.3 is 0 Å². The lowest BCUT2D eigenvalue weighted by Gasteiger charge is -2.27. The number of carbonyl (C=O) groups is 4. The predicted molar refractivity (Wildman–Crippen MR) is 170 cm³/mol. The Hall–Kier alpha value is -5.55. The lowest BCUT2D eigenvalue weighted by molar-refractivity contribution is -0.136. The number of amides is 4. The minimum absolute atomic E-state index is 0.0773. The third-order valence-corrected chi connectivity index (χ3v) is 8.22. The first-order valence-electron chi connectivity index (χ1n) is 14.8. The Kier molecular flexibility index (Phi) is 7.44. The molecule has 226 valence electrons. The number of aromatic nitrogens is 2. The van der Waals surface area contributed by atoms with Gasteiger partial charge in [-0.3, -0.25) is 34.4 Å². The molecule has 7 rings (SSSR count). The van der Waals surface area contributed by atoms with Crippen molar-refractivity contribution in [2.45, 2.75) is 18.9 Å². The Morgan fingerprint density at radius 3 is 2.47 bits per heavy atom. The molecule has 11 heteroatoms. The first-order valence-corrected chi connectivity index (χ1v) is 14.8. The monoisotopic (exact) mass is 602 g/mol. The van der Waals surface area contributed by atoms with Gasteiger partial charge in [0.1, 0.15) is 6.04 Å². The summed E-state index contributed by atoms with van der Waals surface area (Å²) < 4.78 is 5.76. The molecule has 11 nitrogen and oxygen atoms in total. The molecule has 1 saturated heterocycles. The number of hydrogen-bond donors (Lipinski definition) is 4. The van der Waals surface area contributed by atoms with E-state index in [-0.39, 0.29) is 24.0 Å². The Labute approximate surface area is 258 Å². The van der Waals surface area contributed by atoms with Crippen molar-refractivity contribution < 1.29 is 23.9 Å². The van der Waals surface area contributed by atoms with Crippen molar-refractivity contribution in [2.24, 2.45) is 0 Å². The predicted octanol–water partition coefficient (Wildman–Crippen LogP) is 4.32. The number of anilines is 2. The summed E-state index contributed by atoms with van der Waals surface area (Å²) in [5, 5.41) is 11.0. The number of piperidine rings is 1. The zero-order chi connectivity index (χ0) is 30.9. The van der Waals surface area contributed by atoms with Crippen molar-refractivity contribution in [3.05, 3.63) is 90.3 Å². The van der Waals surface area contributed by atoms with Crippen LogP contribution in [0.15, 0.2) is 79.1 Å². The van der Waals surface area contributed by atoms with Gasteiger partial charge in [0.25, 0.3) is 11.8 Å². The van der Waals surface area contributed by atoms with E-state index in [2.05, 4.69) is 56.3 Å². The largest absolute Gasteiger partial charge is 0.383 e. The molecule has 0 radical (unpaired) electrons. The topological polar surface area (TPSA) is 146 Å². The molecule has 1 atom stereocenters. The number of H-pyrrole nitrogens is 1. The molecule has 4 heterocycles. The average molecular weight is 603 g/mol. The number of benzene rings is 3. The molecule has 1 unspecified atom stereocenters. The number of nitrogens with one attached hydrogen (secondary N) is 4. The smallest absolute Gasteiger partial charge is 0.264 e. The number of imide groups is 2. The van der Waals surface area contributed by atoms with E-state index < -0.39 is 29.7 Å². The standard InChI is InChI=1S/C34H30N6O5/c41-30-11-10-29(32(42)39-30)40-33(43)24-2-1-3-27(31(24)34(40)44)37-15-17-45-16-14-36-22-7-4-20(5-8-22)21-6-9-23-25-19-35-13-12-26(25)38-28(23)18-21/h1-9,12-13,18-19,29,36-38H,10-11,14-17H2,(H,39,41,42). The highest BCUT2D eigenvalue weighted by Gasteiger charge is 2.45. The van der Waals surface area contributed by atoms with E-state index >= 15 is 0 Å². The maximum Gasteiger partial charge on any atom is 0.264 e. The Balaban J connectivity index is 0.882. The van der Waals surface area contributed by atoms with E-state index in [4.69, 9.17) is 4.74 Å². The fourth-order valence-electron chi connectivity index (χ4n) is 6.00. The van der Waals surface area contributed by atoms with Gasteiger partial charge < -0.3 is 20.4 Å². The first kappa shape index (κ1) is 28.2. The van der Waals surface area contributed by atoms with Crippen LogP contribution in [0.2, 0.25) is 0 Å². The highest BCUT2D eigenvalue weighted by Crippen LogP contribution is 2.33. The molecule has 0 saturated carbocycles. The number of nitrogens with zero attached hydrogens (tertiary/aromatic N) is 2. The number of hydrogen-bond acceptors (Lipinski definition) is 8. The molecule has 2 aromatic heterocycles. The van der Waals surface area contributed by atoms with Crippen LogP contribution in [0.5, 0.6) is 0 Å². The van der Waals surface area contributed by atoms with Gasteiger partial charge in [0.05, 0.1) is 24.3 Å². The number of rotatable bonds is 10. The summed E-state index contributed by atoms with van der Waals surface area (Å²) in [6.07, 6.45) is 3.87. The number of aromatic amines is 1. The molecule has 1 fully saturated rings. The fraction of sp³-hybridized carbons (Fsp3) is 0.206. The fourth-order valence-corrected chi connectivity index (χ4v) is 6.00. The van der Waals surface area contributed by atoms with E-state index in [1.807, 2.05) is 24.4 Å². The molecule has 0 spiro atoms. The molecular formula is C34H30N6O5. The average Bonchev–Trinajstić information content (AvgIpc) is 3.55. The van der Waals surface area contributed by atoms with Gasteiger partial charge in [-0.05, 0) is 53.9 Å². The highest BCUT2D eigenvalue weighted by molar-refractivity contribution is 6.25. The molecular weight excluding hydrogens is 572 g/mol. The normalized spacial score (nSPS) is 16.4. The third-order valence-electron chi connectivity index (χ3n) is 8.22. The summed E-state index contributed by atoms with van der Waals surface area (Å²) in [5.74, 6) is -2.11. The maximum absolute atomic E-state index is 13.2. The summed E-state index contributed by atoms with van der Waals surface area (Å²) >= 11 is 0. The molecule has 3 aromatic carbocycles. The van der Waals surface area contributed by atoms with Gasteiger partial charge in [-0.1, -0.05) is 30.3 Å². The molecule has 4 N–H and O–H groups in total. The zero-order valence-electron chi connectivity index (χ0n) is 24.3. The SMILES string of the molecule is O=C1CCC(N2C(=O)c3cccc(NCCOCCNc4ccc(-c5ccc6c(c5)[nH]c5ccncc56)cc4)c3C2=O)C(=O)N1. The Morgan fingerprint density at radius 1 is 0.844 bits per heavy atom. The Bertz CT molecular complexity index is 1970. The van der Waals surface area contributed by atoms with Crippen LogP contribution in [-0.4, -0.2) is 70.8 Å². The van der Waals surface area contributed by atoms with Crippen LogP contribution >= 0.6 is 0 Å². The van der Waals surface area contributed by atoms with E-state index in [0.717, 1.165) is 43.5 Å². The van der Waals surface area contributed by atoms with Crippen molar-refractivity contribution in [3.63, 3.8) is 0 Å². The van der Waals surface area contributed by atoms with Crippen molar-refractivity contribution in [1.29, 1.82) is 0 Å². The van der Waals surface area contributed by atoms with Gasteiger partial charge in [0.2, 0.25) is 11.8 Å². The molecule has 2 aliphatic heterocycles. The van der Waals surface area contributed by atoms with Crippen LogP contribution in [-0.2, 0) is 14.3 Å². The van der Waals surface area contributed by atoms with Crippen LogP contribution in [0.3, 0.4) is 0 Å². The van der Waals surface area contributed by atoms with Crippen molar-refractivity contribution in [2.75, 3.05) is 36.9 Å². The molecule has 0 aliphatic carbocycles. The second kappa shape index (κ2) is 11.9. The summed E-state index contributed by atoms with van der Waals surface area (Å²) in [7, 11) is 0. The van der Waals surface area contributed by atoms with E-state index in [1.165, 1.54) is 0 Å². The third kappa shape index (κ3) is 5.38. The van der Waals surface area contributed by atoms with Gasteiger partial charge in [0, 0.05) is 65.1 Å². The van der Waals surface area contributed by atoms with Crippen LogP contribution in [0.1, 0.15) is 33.6 Å². The van der Waals surface area contributed by atoms with E-state index in [0.29, 0.717) is 32.0 Å².